The first kappa shape index (κ1) is 26.4. The fraction of sp³-hybridized carbons (Fsp3) is 0.259. The van der Waals surface area contributed by atoms with Crippen LogP contribution < -0.4 is 14.8 Å². The van der Waals surface area contributed by atoms with Gasteiger partial charge >= 0.3 is 0 Å². The van der Waals surface area contributed by atoms with E-state index in [0.29, 0.717) is 40.1 Å². The lowest BCUT2D eigenvalue weighted by Gasteiger charge is -2.32. The minimum absolute atomic E-state index is 0.0429. The van der Waals surface area contributed by atoms with E-state index in [1.165, 1.54) is 12.0 Å². The van der Waals surface area contributed by atoms with Crippen LogP contribution >= 0.6 is 23.2 Å². The normalized spacial score (nSPS) is 11.4. The van der Waals surface area contributed by atoms with E-state index in [4.69, 9.17) is 32.7 Å². The predicted octanol–water partition coefficient (Wildman–Crippen LogP) is 5.16. The van der Waals surface area contributed by atoms with Crippen molar-refractivity contribution in [2.24, 2.45) is 0 Å². The second-order valence-electron chi connectivity index (χ2n) is 7.76. The highest BCUT2D eigenvalue weighted by molar-refractivity contribution is 6.36. The molecule has 35 heavy (non-hydrogen) atoms. The maximum atomic E-state index is 13.6. The number of hydrogen-bond donors (Lipinski definition) is 1. The summed E-state index contributed by atoms with van der Waals surface area (Å²) in [6.07, 6.45) is 0.315. The van der Waals surface area contributed by atoms with Crippen LogP contribution in [0.1, 0.15) is 18.1 Å². The van der Waals surface area contributed by atoms with E-state index in [2.05, 4.69) is 5.32 Å². The van der Waals surface area contributed by atoms with Crippen molar-refractivity contribution in [3.05, 3.63) is 94.0 Å². The zero-order valence-corrected chi connectivity index (χ0v) is 21.2. The molecule has 3 aromatic carbocycles. The molecular weight excluding hydrogens is 487 g/mol. The molecule has 8 heteroatoms. The molecule has 3 aromatic rings. The molecule has 0 aliphatic carbocycles. The van der Waals surface area contributed by atoms with Crippen molar-refractivity contribution in [2.45, 2.75) is 25.9 Å². The minimum Gasteiger partial charge on any atom is -0.493 e. The molecule has 0 saturated heterocycles. The Morgan fingerprint density at radius 2 is 1.54 bits per heavy atom. The molecule has 0 unspecified atom stereocenters. The van der Waals surface area contributed by atoms with Gasteiger partial charge in [-0.15, -0.1) is 0 Å². The third-order valence-corrected chi connectivity index (χ3v) is 6.14. The second kappa shape index (κ2) is 13.0. The van der Waals surface area contributed by atoms with Gasteiger partial charge in [0.15, 0.2) is 18.1 Å². The van der Waals surface area contributed by atoms with Crippen LogP contribution in [-0.2, 0) is 22.6 Å². The van der Waals surface area contributed by atoms with E-state index in [9.17, 15) is 9.59 Å². The lowest BCUT2D eigenvalue weighted by molar-refractivity contribution is -0.142. The van der Waals surface area contributed by atoms with Crippen LogP contribution in [0.5, 0.6) is 11.5 Å². The molecule has 0 bridgehead atoms. The van der Waals surface area contributed by atoms with Crippen molar-refractivity contribution in [1.82, 2.24) is 10.2 Å². The van der Waals surface area contributed by atoms with Crippen LogP contribution in [0.15, 0.2) is 72.8 Å². The quantitative estimate of drug-likeness (QED) is 0.383. The van der Waals surface area contributed by atoms with Gasteiger partial charge in [-0.3, -0.25) is 9.59 Å². The zero-order chi connectivity index (χ0) is 25.2. The summed E-state index contributed by atoms with van der Waals surface area (Å²) in [6.45, 7) is 2.00. The molecule has 0 aromatic heterocycles. The second-order valence-corrected chi connectivity index (χ2v) is 8.58. The standard InChI is InChI=1S/C27H28Cl2N2O4/c1-3-30-27(33)23(16-19-10-5-4-6-11-19)31(17-20-21(28)12-9-13-22(20)29)26(32)18-35-25-15-8-7-14-24(25)34-2/h4-15,23H,3,16-18H2,1-2H3,(H,30,33)/t23-/m0/s1. The Bertz CT molecular complexity index is 1120. The highest BCUT2D eigenvalue weighted by Crippen LogP contribution is 2.28. The predicted molar refractivity (Wildman–Crippen MR) is 138 cm³/mol. The van der Waals surface area contributed by atoms with Gasteiger partial charge < -0.3 is 19.7 Å². The molecule has 0 heterocycles. The van der Waals surface area contributed by atoms with Crippen molar-refractivity contribution >= 4 is 35.0 Å². The number of benzene rings is 3. The largest absolute Gasteiger partial charge is 0.493 e. The molecule has 0 aliphatic heterocycles. The van der Waals surface area contributed by atoms with Gasteiger partial charge in [0.05, 0.1) is 7.11 Å². The zero-order valence-electron chi connectivity index (χ0n) is 19.7. The summed E-state index contributed by atoms with van der Waals surface area (Å²) < 4.78 is 11.1. The van der Waals surface area contributed by atoms with Gasteiger partial charge in [0.2, 0.25) is 5.91 Å². The van der Waals surface area contributed by atoms with Gasteiger partial charge in [0.25, 0.3) is 5.91 Å². The summed E-state index contributed by atoms with van der Waals surface area (Å²) in [7, 11) is 1.53. The molecule has 184 valence electrons. The van der Waals surface area contributed by atoms with Gasteiger partial charge in [-0.1, -0.05) is 71.7 Å². The lowest BCUT2D eigenvalue weighted by atomic mass is 10.0. The molecular formula is C27H28Cl2N2O4. The van der Waals surface area contributed by atoms with Crippen molar-refractivity contribution in [3.63, 3.8) is 0 Å². The van der Waals surface area contributed by atoms with Gasteiger partial charge in [0.1, 0.15) is 6.04 Å². The van der Waals surface area contributed by atoms with Crippen molar-refractivity contribution < 1.29 is 19.1 Å². The first-order chi connectivity index (χ1) is 16.9. The van der Waals surface area contributed by atoms with Gasteiger partial charge in [-0.05, 0) is 36.8 Å². The Morgan fingerprint density at radius 3 is 2.17 bits per heavy atom. The summed E-state index contributed by atoms with van der Waals surface area (Å²) in [5.41, 5.74) is 1.47. The average Bonchev–Trinajstić information content (AvgIpc) is 2.87. The maximum absolute atomic E-state index is 13.6. The lowest BCUT2D eigenvalue weighted by Crippen LogP contribution is -2.51. The van der Waals surface area contributed by atoms with Crippen molar-refractivity contribution in [2.75, 3.05) is 20.3 Å². The fourth-order valence-electron chi connectivity index (χ4n) is 3.66. The number of ether oxygens (including phenoxy) is 2. The number of halogens is 2. The van der Waals surface area contributed by atoms with E-state index in [1.807, 2.05) is 43.3 Å². The molecule has 2 amide bonds. The Balaban J connectivity index is 1.95. The first-order valence-corrected chi connectivity index (χ1v) is 12.0. The van der Waals surface area contributed by atoms with E-state index < -0.39 is 6.04 Å². The van der Waals surface area contributed by atoms with Crippen LogP contribution in [0.2, 0.25) is 10.0 Å². The third kappa shape index (κ3) is 7.13. The highest BCUT2D eigenvalue weighted by Gasteiger charge is 2.31. The molecule has 6 nitrogen and oxygen atoms in total. The van der Waals surface area contributed by atoms with E-state index >= 15 is 0 Å². The van der Waals surface area contributed by atoms with Crippen molar-refractivity contribution in [3.8, 4) is 11.5 Å². The number of nitrogens with one attached hydrogen (secondary N) is 1. The topological polar surface area (TPSA) is 67.9 Å². The highest BCUT2D eigenvalue weighted by atomic mass is 35.5. The van der Waals surface area contributed by atoms with Crippen LogP contribution in [0.25, 0.3) is 0 Å². The Hall–Kier alpha value is -3.22. The molecule has 3 rings (SSSR count). The number of para-hydroxylation sites is 2. The van der Waals surface area contributed by atoms with E-state index in [0.717, 1.165) is 5.56 Å². The van der Waals surface area contributed by atoms with E-state index in [-0.39, 0.29) is 25.0 Å². The maximum Gasteiger partial charge on any atom is 0.261 e. The number of nitrogens with zero attached hydrogens (tertiary/aromatic N) is 1. The summed E-state index contributed by atoms with van der Waals surface area (Å²) in [5.74, 6) is 0.270. The molecule has 0 saturated carbocycles. The monoisotopic (exact) mass is 514 g/mol. The molecule has 0 fully saturated rings. The summed E-state index contributed by atoms with van der Waals surface area (Å²) in [5, 5.41) is 3.67. The van der Waals surface area contributed by atoms with Gasteiger partial charge in [-0.25, -0.2) is 0 Å². The first-order valence-electron chi connectivity index (χ1n) is 11.2. The summed E-state index contributed by atoms with van der Waals surface area (Å²) in [4.78, 5) is 28.2. The Kier molecular flexibility index (Phi) is 9.82. The SMILES string of the molecule is CCNC(=O)[C@H](Cc1ccccc1)N(Cc1c(Cl)cccc1Cl)C(=O)COc1ccccc1OC. The van der Waals surface area contributed by atoms with Crippen LogP contribution in [0.4, 0.5) is 0 Å². The third-order valence-electron chi connectivity index (χ3n) is 5.43. The number of methoxy groups -OCH3 is 1. The number of rotatable bonds is 11. The number of carbonyl (C=O) groups is 2. The van der Waals surface area contributed by atoms with Crippen LogP contribution in [0.3, 0.4) is 0 Å². The molecule has 0 spiro atoms. The van der Waals surface area contributed by atoms with E-state index in [1.54, 1.807) is 36.4 Å². The summed E-state index contributed by atoms with van der Waals surface area (Å²) >= 11 is 12.9. The van der Waals surface area contributed by atoms with Crippen LogP contribution in [-0.4, -0.2) is 43.0 Å². The smallest absolute Gasteiger partial charge is 0.261 e. The van der Waals surface area contributed by atoms with Crippen molar-refractivity contribution in [1.29, 1.82) is 0 Å². The van der Waals surface area contributed by atoms with Gasteiger partial charge in [-0.2, -0.15) is 0 Å². The summed E-state index contributed by atoms with van der Waals surface area (Å²) in [6, 6.07) is 20.9. The number of hydrogen-bond acceptors (Lipinski definition) is 4. The van der Waals surface area contributed by atoms with Gasteiger partial charge in [0, 0.05) is 35.1 Å². The Labute approximate surface area is 215 Å². The minimum atomic E-state index is -0.807. The molecule has 0 radical (unpaired) electrons. The number of carbonyl (C=O) groups excluding carboxylic acids is 2. The molecule has 1 N–H and O–H groups in total. The fourth-order valence-corrected chi connectivity index (χ4v) is 4.18. The molecule has 1 atom stereocenters. The average molecular weight is 515 g/mol. The molecule has 0 aliphatic rings. The number of amides is 2. The number of likely N-dealkylation sites (N-methyl/N-ethyl adjacent to an activating group) is 1. The Morgan fingerprint density at radius 1 is 0.914 bits per heavy atom. The van der Waals surface area contributed by atoms with Crippen LogP contribution in [0, 0.1) is 0 Å².